The number of hydrogen-bond donors (Lipinski definition) is 2. The molecule has 0 aliphatic rings. The Bertz CT molecular complexity index is 516. The van der Waals surface area contributed by atoms with Crippen LogP contribution < -0.4 is 10.1 Å². The van der Waals surface area contributed by atoms with Crippen molar-refractivity contribution in [2.45, 2.75) is 39.3 Å². The third-order valence-electron chi connectivity index (χ3n) is 2.80. The number of amides is 1. The van der Waals surface area contributed by atoms with E-state index in [1.165, 1.54) is 18.2 Å². The molecule has 0 radical (unpaired) electrons. The molecule has 0 aliphatic carbocycles. The molecule has 0 fully saturated rings. The number of nitro groups is 1. The molecule has 0 spiro atoms. The maximum atomic E-state index is 12.3. The number of aliphatic hydroxyl groups excluding tert-OH is 1. The summed E-state index contributed by atoms with van der Waals surface area (Å²) in [6, 6.07) is 3.94. The van der Waals surface area contributed by atoms with Crippen molar-refractivity contribution in [3.8, 4) is 5.75 Å². The van der Waals surface area contributed by atoms with Crippen LogP contribution in [-0.4, -0.2) is 34.7 Å². The average molecular weight is 296 g/mol. The lowest BCUT2D eigenvalue weighted by atomic mass is 10.1. The number of hydrogen-bond acceptors (Lipinski definition) is 5. The largest absolute Gasteiger partial charge is 0.493 e. The summed E-state index contributed by atoms with van der Waals surface area (Å²) in [6.07, 6.45) is -0.214. The first-order valence-corrected chi connectivity index (χ1v) is 6.75. The third-order valence-corrected chi connectivity index (χ3v) is 2.80. The number of rotatable bonds is 7. The Hall–Kier alpha value is -2.15. The molecule has 116 valence electrons. The van der Waals surface area contributed by atoms with Crippen LogP contribution in [0.25, 0.3) is 0 Å². The summed E-state index contributed by atoms with van der Waals surface area (Å²) < 4.78 is 5.30. The van der Waals surface area contributed by atoms with Gasteiger partial charge in [0.25, 0.3) is 11.6 Å². The summed E-state index contributed by atoms with van der Waals surface area (Å²) in [5.41, 5.74) is -0.399. The van der Waals surface area contributed by atoms with Gasteiger partial charge in [-0.25, -0.2) is 0 Å². The Morgan fingerprint density at radius 2 is 2.14 bits per heavy atom. The van der Waals surface area contributed by atoms with E-state index in [1.807, 2.05) is 0 Å². The van der Waals surface area contributed by atoms with Gasteiger partial charge in [-0.05, 0) is 33.3 Å². The number of aliphatic hydroxyl groups is 1. The van der Waals surface area contributed by atoms with E-state index in [2.05, 4.69) is 5.32 Å². The molecule has 1 aromatic carbocycles. The van der Waals surface area contributed by atoms with E-state index in [0.29, 0.717) is 13.0 Å². The monoisotopic (exact) mass is 296 g/mol. The van der Waals surface area contributed by atoms with Crippen molar-refractivity contribution < 1.29 is 19.6 Å². The van der Waals surface area contributed by atoms with Gasteiger partial charge < -0.3 is 15.2 Å². The first-order chi connectivity index (χ1) is 9.86. The van der Waals surface area contributed by atoms with Crippen LogP contribution in [0.5, 0.6) is 5.75 Å². The minimum absolute atomic E-state index is 0.0956. The Kier molecular flexibility index (Phi) is 6.10. The van der Waals surface area contributed by atoms with Crippen LogP contribution in [-0.2, 0) is 0 Å². The summed E-state index contributed by atoms with van der Waals surface area (Å²) in [4.78, 5) is 22.7. The Morgan fingerprint density at radius 3 is 2.67 bits per heavy atom. The molecule has 0 aliphatic heterocycles. The molecular weight excluding hydrogens is 276 g/mol. The minimum Gasteiger partial charge on any atom is -0.493 e. The van der Waals surface area contributed by atoms with E-state index >= 15 is 0 Å². The maximum Gasteiger partial charge on any atom is 0.285 e. The molecule has 0 heterocycles. The van der Waals surface area contributed by atoms with Crippen molar-refractivity contribution in [2.75, 3.05) is 6.61 Å². The molecule has 1 amide bonds. The predicted octanol–water partition coefficient (Wildman–Crippen LogP) is 1.88. The number of carbonyl (C=O) groups excluding carboxylic acids is 1. The van der Waals surface area contributed by atoms with Crippen LogP contribution in [0.3, 0.4) is 0 Å². The van der Waals surface area contributed by atoms with Crippen LogP contribution in [0, 0.1) is 10.1 Å². The van der Waals surface area contributed by atoms with Crippen molar-refractivity contribution >= 4 is 11.6 Å². The highest BCUT2D eigenvalue weighted by Crippen LogP contribution is 2.28. The lowest BCUT2D eigenvalue weighted by Crippen LogP contribution is -2.35. The molecule has 21 heavy (non-hydrogen) atoms. The van der Waals surface area contributed by atoms with E-state index in [0.717, 1.165) is 0 Å². The van der Waals surface area contributed by atoms with Gasteiger partial charge in [0.2, 0.25) is 0 Å². The van der Waals surface area contributed by atoms with Crippen LogP contribution in [0.2, 0.25) is 0 Å². The third kappa shape index (κ3) is 4.71. The zero-order chi connectivity index (χ0) is 16.0. The average Bonchev–Trinajstić information content (AvgIpc) is 2.37. The van der Waals surface area contributed by atoms with Crippen molar-refractivity contribution in [1.82, 2.24) is 5.32 Å². The number of nitrogens with one attached hydrogen (secondary N) is 1. The predicted molar refractivity (Wildman–Crippen MR) is 77.5 cm³/mol. The molecule has 0 aromatic heterocycles. The molecule has 0 saturated heterocycles. The number of nitro benzene ring substituents is 1. The molecule has 0 bridgehead atoms. The molecule has 1 aromatic rings. The van der Waals surface area contributed by atoms with Gasteiger partial charge in [0, 0.05) is 12.1 Å². The second-order valence-electron chi connectivity index (χ2n) is 4.80. The Balaban J connectivity index is 3.08. The molecule has 2 N–H and O–H groups in total. The quantitative estimate of drug-likeness (QED) is 0.591. The lowest BCUT2D eigenvalue weighted by Gasteiger charge is -2.16. The molecule has 2 unspecified atom stereocenters. The van der Waals surface area contributed by atoms with Crippen LogP contribution >= 0.6 is 0 Å². The van der Waals surface area contributed by atoms with Crippen molar-refractivity contribution in [1.29, 1.82) is 0 Å². The van der Waals surface area contributed by atoms with Crippen molar-refractivity contribution in [3.05, 3.63) is 33.9 Å². The highest BCUT2D eigenvalue weighted by molar-refractivity contribution is 6.01. The van der Waals surface area contributed by atoms with Gasteiger partial charge in [-0.3, -0.25) is 14.9 Å². The normalized spacial score (nSPS) is 13.3. The van der Waals surface area contributed by atoms with Gasteiger partial charge in [-0.1, -0.05) is 6.07 Å². The van der Waals surface area contributed by atoms with E-state index in [4.69, 9.17) is 4.74 Å². The summed E-state index contributed by atoms with van der Waals surface area (Å²) in [7, 11) is 0. The van der Waals surface area contributed by atoms with Gasteiger partial charge in [-0.2, -0.15) is 0 Å². The first-order valence-electron chi connectivity index (χ1n) is 6.75. The topological polar surface area (TPSA) is 102 Å². The van der Waals surface area contributed by atoms with Gasteiger partial charge in [-0.15, -0.1) is 0 Å². The fourth-order valence-electron chi connectivity index (χ4n) is 2.04. The standard InChI is InChI=1S/C14H20N2O5/c1-4-21-12-7-5-6-11(16(19)20)13(12)14(18)15-9(2)8-10(3)17/h5-7,9-10,17H,4,8H2,1-3H3,(H,15,18). The molecule has 2 atom stereocenters. The van der Waals surface area contributed by atoms with Crippen molar-refractivity contribution in [2.24, 2.45) is 0 Å². The van der Waals surface area contributed by atoms with Gasteiger partial charge >= 0.3 is 0 Å². The zero-order valence-corrected chi connectivity index (χ0v) is 12.3. The Labute approximate surface area is 123 Å². The van der Waals surface area contributed by atoms with E-state index < -0.39 is 16.9 Å². The number of ether oxygens (including phenoxy) is 1. The Morgan fingerprint density at radius 1 is 1.48 bits per heavy atom. The fraction of sp³-hybridized carbons (Fsp3) is 0.500. The van der Waals surface area contributed by atoms with Gasteiger partial charge in [0.15, 0.2) is 5.56 Å². The van der Waals surface area contributed by atoms with Crippen LogP contribution in [0.1, 0.15) is 37.6 Å². The number of nitrogens with zero attached hydrogens (tertiary/aromatic N) is 1. The summed E-state index contributed by atoms with van der Waals surface area (Å²) in [6.45, 7) is 5.36. The number of carbonyl (C=O) groups is 1. The fourth-order valence-corrected chi connectivity index (χ4v) is 2.04. The SMILES string of the molecule is CCOc1cccc([N+](=O)[O-])c1C(=O)NC(C)CC(C)O. The number of benzene rings is 1. The van der Waals surface area contributed by atoms with Gasteiger partial charge in [0.05, 0.1) is 17.6 Å². The summed E-state index contributed by atoms with van der Waals surface area (Å²) in [5, 5.41) is 23.0. The summed E-state index contributed by atoms with van der Waals surface area (Å²) >= 11 is 0. The molecule has 0 saturated carbocycles. The lowest BCUT2D eigenvalue weighted by molar-refractivity contribution is -0.385. The van der Waals surface area contributed by atoms with Crippen LogP contribution in [0.15, 0.2) is 18.2 Å². The second-order valence-corrected chi connectivity index (χ2v) is 4.80. The molecule has 7 nitrogen and oxygen atoms in total. The minimum atomic E-state index is -0.614. The second kappa shape index (κ2) is 7.58. The van der Waals surface area contributed by atoms with Gasteiger partial charge in [0.1, 0.15) is 5.75 Å². The zero-order valence-electron chi connectivity index (χ0n) is 12.3. The van der Waals surface area contributed by atoms with E-state index in [9.17, 15) is 20.0 Å². The molecule has 7 heteroatoms. The van der Waals surface area contributed by atoms with Crippen molar-refractivity contribution in [3.63, 3.8) is 0 Å². The first kappa shape index (κ1) is 16.9. The maximum absolute atomic E-state index is 12.3. The molecular formula is C14H20N2O5. The highest BCUT2D eigenvalue weighted by atomic mass is 16.6. The van der Waals surface area contributed by atoms with E-state index in [1.54, 1.807) is 20.8 Å². The smallest absolute Gasteiger partial charge is 0.285 e. The summed E-state index contributed by atoms with van der Waals surface area (Å²) in [5.74, 6) is -0.410. The molecule has 1 rings (SSSR count). The van der Waals surface area contributed by atoms with E-state index in [-0.39, 0.29) is 23.0 Å². The van der Waals surface area contributed by atoms with Crippen LogP contribution in [0.4, 0.5) is 5.69 Å². The highest BCUT2D eigenvalue weighted by Gasteiger charge is 2.26.